The number of aromatic amines is 2. The molecule has 1 atom stereocenters. The van der Waals surface area contributed by atoms with Gasteiger partial charge in [-0.05, 0) is 81.9 Å². The number of aromatic nitrogens is 3. The van der Waals surface area contributed by atoms with Gasteiger partial charge < -0.3 is 30.0 Å². The van der Waals surface area contributed by atoms with Crippen LogP contribution in [0.15, 0.2) is 47.4 Å². The van der Waals surface area contributed by atoms with Crippen molar-refractivity contribution < 1.29 is 23.8 Å². The van der Waals surface area contributed by atoms with Crippen LogP contribution < -0.4 is 15.6 Å². The summed E-state index contributed by atoms with van der Waals surface area (Å²) in [5.41, 5.74) is 2.43. The molecule has 0 saturated carbocycles. The van der Waals surface area contributed by atoms with Gasteiger partial charge in [0.15, 0.2) is 0 Å². The molecule has 0 radical (unpaired) electrons. The molecular weight excluding hydrogens is 543 g/mol. The number of nitrogens with zero attached hydrogens (tertiary/aromatic N) is 3. The quantitative estimate of drug-likeness (QED) is 0.235. The number of aliphatic hydroxyl groups is 1. The number of amides is 2. The number of aryl methyl sites for hydroxylation is 1. The summed E-state index contributed by atoms with van der Waals surface area (Å²) in [5, 5.41) is 13.6. The number of imidazole rings is 1. The molecule has 6 rings (SSSR count). The highest BCUT2D eigenvalue weighted by Gasteiger charge is 2.41. The molecule has 0 aliphatic carbocycles. The van der Waals surface area contributed by atoms with E-state index >= 15 is 0 Å². The second-order valence-corrected chi connectivity index (χ2v) is 10.9. The monoisotopic (exact) mass is 574 g/mol. The molecule has 4 aromatic rings. The number of hydrogen-bond donors (Lipinski definition) is 4. The summed E-state index contributed by atoms with van der Waals surface area (Å²) >= 11 is 0. The minimum atomic E-state index is -0.940. The highest BCUT2D eigenvalue weighted by Crippen LogP contribution is 2.32. The lowest BCUT2D eigenvalue weighted by Crippen LogP contribution is -2.46. The maximum absolute atomic E-state index is 13.3. The van der Waals surface area contributed by atoms with Gasteiger partial charge in [-0.2, -0.15) is 0 Å². The maximum atomic E-state index is 13.3. The van der Waals surface area contributed by atoms with Gasteiger partial charge >= 0.3 is 0 Å². The van der Waals surface area contributed by atoms with Gasteiger partial charge in [-0.1, -0.05) is 0 Å². The van der Waals surface area contributed by atoms with Gasteiger partial charge in [0.25, 0.3) is 17.4 Å². The third kappa shape index (κ3) is 5.14. The average Bonchev–Trinajstić information content (AvgIpc) is 3.48. The van der Waals surface area contributed by atoms with Crippen molar-refractivity contribution in [1.29, 1.82) is 0 Å². The predicted molar refractivity (Wildman–Crippen MR) is 154 cm³/mol. The Morgan fingerprint density at radius 3 is 2.60 bits per heavy atom. The fourth-order valence-electron chi connectivity index (χ4n) is 5.57. The van der Waals surface area contributed by atoms with Gasteiger partial charge in [0, 0.05) is 18.8 Å². The molecule has 2 amide bonds. The van der Waals surface area contributed by atoms with Crippen LogP contribution in [0.4, 0.5) is 10.1 Å². The number of aliphatic hydroxyl groups excluding tert-OH is 1. The smallest absolute Gasteiger partial charge is 0.261 e. The van der Waals surface area contributed by atoms with Crippen LogP contribution in [0.5, 0.6) is 5.75 Å². The lowest BCUT2D eigenvalue weighted by Gasteiger charge is -2.33. The molecular formula is C30H31FN6O5. The van der Waals surface area contributed by atoms with Crippen molar-refractivity contribution >= 4 is 28.5 Å². The molecule has 4 heterocycles. The number of likely N-dealkylation sites (tertiary alicyclic amines) is 1. The first kappa shape index (κ1) is 27.6. The number of benzene rings is 2. The Hall–Kier alpha value is -4.55. The lowest BCUT2D eigenvalue weighted by atomic mass is 10.0. The van der Waals surface area contributed by atoms with E-state index in [1.165, 1.54) is 29.3 Å². The Labute approximate surface area is 240 Å². The van der Waals surface area contributed by atoms with E-state index in [0.717, 1.165) is 25.9 Å². The maximum Gasteiger partial charge on any atom is 0.261 e. The molecule has 42 heavy (non-hydrogen) atoms. The molecule has 11 nitrogen and oxygen atoms in total. The number of rotatable bonds is 8. The van der Waals surface area contributed by atoms with E-state index in [9.17, 15) is 23.9 Å². The summed E-state index contributed by atoms with van der Waals surface area (Å²) < 4.78 is 19.0. The molecule has 2 aromatic carbocycles. The second kappa shape index (κ2) is 11.0. The SMILES string of the molecule is Cc1cc(F)ccc1OCC(O)CNc1cc[nH]c(=O)c1-c1nc2cc3c(cc2[nH]1)C(=O)N(C1CCN(C)CC1)C3=O. The number of piperidine rings is 1. The Morgan fingerprint density at radius 2 is 1.86 bits per heavy atom. The fraction of sp³-hybridized carbons (Fsp3) is 0.333. The molecule has 2 aliphatic rings. The molecule has 1 fully saturated rings. The number of imide groups is 1. The fourth-order valence-corrected chi connectivity index (χ4v) is 5.57. The molecule has 12 heteroatoms. The number of nitrogens with one attached hydrogen (secondary N) is 3. The first-order valence-electron chi connectivity index (χ1n) is 13.8. The van der Waals surface area contributed by atoms with Crippen LogP contribution in [0, 0.1) is 12.7 Å². The molecule has 2 aliphatic heterocycles. The summed E-state index contributed by atoms with van der Waals surface area (Å²) in [6.07, 6.45) is 2.01. The molecule has 4 N–H and O–H groups in total. The Kier molecular flexibility index (Phi) is 7.25. The zero-order chi connectivity index (χ0) is 29.5. The Morgan fingerprint density at radius 1 is 1.12 bits per heavy atom. The summed E-state index contributed by atoms with van der Waals surface area (Å²) in [7, 11) is 2.02. The number of halogens is 1. The summed E-state index contributed by atoms with van der Waals surface area (Å²) in [4.78, 5) is 53.4. The normalized spacial score (nSPS) is 16.7. The van der Waals surface area contributed by atoms with Crippen molar-refractivity contribution in [3.05, 3.63) is 75.5 Å². The average molecular weight is 575 g/mol. The second-order valence-electron chi connectivity index (χ2n) is 10.9. The van der Waals surface area contributed by atoms with Crippen molar-refractivity contribution in [2.75, 3.05) is 38.6 Å². The molecule has 1 saturated heterocycles. The van der Waals surface area contributed by atoms with E-state index < -0.39 is 11.7 Å². The number of hydrogen-bond acceptors (Lipinski definition) is 8. The third-order valence-corrected chi connectivity index (χ3v) is 7.87. The number of carbonyl (C=O) groups excluding carboxylic acids is 2. The first-order valence-corrected chi connectivity index (χ1v) is 13.8. The van der Waals surface area contributed by atoms with Crippen LogP contribution in [0.25, 0.3) is 22.4 Å². The number of anilines is 1. The van der Waals surface area contributed by atoms with Crippen molar-refractivity contribution in [2.24, 2.45) is 0 Å². The van der Waals surface area contributed by atoms with E-state index in [4.69, 9.17) is 4.74 Å². The van der Waals surface area contributed by atoms with Crippen LogP contribution in [0.3, 0.4) is 0 Å². The summed E-state index contributed by atoms with van der Waals surface area (Å²) in [6, 6.07) is 8.88. The zero-order valence-corrected chi connectivity index (χ0v) is 23.2. The van der Waals surface area contributed by atoms with Crippen LogP contribution in [-0.4, -0.2) is 87.1 Å². The van der Waals surface area contributed by atoms with Crippen LogP contribution in [0.1, 0.15) is 39.1 Å². The molecule has 2 aromatic heterocycles. The Balaban J connectivity index is 1.20. The number of pyridine rings is 1. The van der Waals surface area contributed by atoms with Gasteiger partial charge in [0.2, 0.25) is 0 Å². The highest BCUT2D eigenvalue weighted by atomic mass is 19.1. The zero-order valence-electron chi connectivity index (χ0n) is 23.2. The molecule has 0 bridgehead atoms. The minimum absolute atomic E-state index is 0.0508. The highest BCUT2D eigenvalue weighted by molar-refractivity contribution is 6.23. The molecule has 218 valence electrons. The van der Waals surface area contributed by atoms with Gasteiger partial charge in [-0.15, -0.1) is 0 Å². The van der Waals surface area contributed by atoms with E-state index in [-0.39, 0.29) is 48.2 Å². The van der Waals surface area contributed by atoms with Gasteiger partial charge in [-0.25, -0.2) is 9.37 Å². The van der Waals surface area contributed by atoms with Crippen molar-refractivity contribution in [1.82, 2.24) is 24.8 Å². The summed E-state index contributed by atoms with van der Waals surface area (Å²) in [5.74, 6) is -0.282. The number of carbonyl (C=O) groups is 2. The first-order chi connectivity index (χ1) is 20.2. The van der Waals surface area contributed by atoms with Gasteiger partial charge in [0.1, 0.15) is 35.7 Å². The van der Waals surface area contributed by atoms with Crippen LogP contribution >= 0.6 is 0 Å². The predicted octanol–water partition coefficient (Wildman–Crippen LogP) is 2.91. The van der Waals surface area contributed by atoms with Crippen molar-refractivity contribution in [3.8, 4) is 17.1 Å². The standard InChI is InChI=1S/C30H31FN6O5/c1-16-11-17(31)3-4-25(16)42-15-19(38)14-33-22-5-8-32-28(39)26(22)27-34-23-12-20-21(13-24(23)35-27)30(41)37(29(20)40)18-6-9-36(2)10-7-18/h3-5,8,11-13,18-19,38H,6-7,9-10,14-15H2,1-2H3,(H,34,35)(H2,32,33,39). The van der Waals surface area contributed by atoms with Gasteiger partial charge in [-0.3, -0.25) is 19.3 Å². The number of ether oxygens (including phenoxy) is 1. The molecule has 0 spiro atoms. The third-order valence-electron chi connectivity index (χ3n) is 7.87. The topological polar surface area (TPSA) is 144 Å². The van der Waals surface area contributed by atoms with Crippen molar-refractivity contribution in [2.45, 2.75) is 31.9 Å². The van der Waals surface area contributed by atoms with Gasteiger partial charge in [0.05, 0.1) is 27.8 Å². The van der Waals surface area contributed by atoms with E-state index in [0.29, 0.717) is 39.2 Å². The van der Waals surface area contributed by atoms with E-state index in [1.807, 2.05) is 7.05 Å². The van der Waals surface area contributed by atoms with E-state index in [2.05, 4.69) is 25.2 Å². The van der Waals surface area contributed by atoms with Crippen LogP contribution in [0.2, 0.25) is 0 Å². The molecule has 1 unspecified atom stereocenters. The van der Waals surface area contributed by atoms with Crippen molar-refractivity contribution in [3.63, 3.8) is 0 Å². The van der Waals surface area contributed by atoms with E-state index in [1.54, 1.807) is 25.1 Å². The largest absolute Gasteiger partial charge is 0.491 e. The minimum Gasteiger partial charge on any atom is -0.491 e. The number of H-pyrrole nitrogens is 2. The Bertz CT molecular complexity index is 1690. The number of fused-ring (bicyclic) bond motifs is 2. The van der Waals surface area contributed by atoms with Crippen LogP contribution in [-0.2, 0) is 0 Å². The lowest BCUT2D eigenvalue weighted by molar-refractivity contribution is 0.0516. The summed E-state index contributed by atoms with van der Waals surface area (Å²) in [6.45, 7) is 3.37.